The fraction of sp³-hybridized carbons (Fsp3) is 0.462. The minimum atomic E-state index is -2.54. The van der Waals surface area contributed by atoms with Crippen LogP contribution in [0.15, 0.2) is 18.3 Å². The summed E-state index contributed by atoms with van der Waals surface area (Å²) in [6, 6.07) is 5.36. The summed E-state index contributed by atoms with van der Waals surface area (Å²) in [5.41, 5.74) is 1.10. The third-order valence-corrected chi connectivity index (χ3v) is 3.65. The van der Waals surface area contributed by atoms with E-state index in [4.69, 9.17) is 5.26 Å². The molecule has 0 unspecified atom stereocenters. The third-order valence-electron chi connectivity index (χ3n) is 3.65. The number of nitrogens with zero attached hydrogens (tertiary/aromatic N) is 4. The summed E-state index contributed by atoms with van der Waals surface area (Å²) in [6.45, 7) is 0. The summed E-state index contributed by atoms with van der Waals surface area (Å²) in [4.78, 5) is 0. The lowest BCUT2D eigenvalue weighted by Crippen LogP contribution is -2.24. The number of alkyl halides is 2. The van der Waals surface area contributed by atoms with Crippen LogP contribution in [0.25, 0.3) is 5.65 Å². The number of aromatic nitrogens is 3. The van der Waals surface area contributed by atoms with Crippen LogP contribution in [0.5, 0.6) is 0 Å². The zero-order valence-electron chi connectivity index (χ0n) is 10.2. The Morgan fingerprint density at radius 2 is 2.05 bits per heavy atom. The van der Waals surface area contributed by atoms with Gasteiger partial charge in [0.1, 0.15) is 5.82 Å². The molecule has 2 aromatic heterocycles. The predicted octanol–water partition coefficient (Wildman–Crippen LogP) is 2.89. The molecule has 1 aliphatic rings. The number of rotatable bonds is 1. The average Bonchev–Trinajstić information content (AvgIpc) is 2.81. The van der Waals surface area contributed by atoms with Crippen LogP contribution >= 0.6 is 0 Å². The molecule has 1 fully saturated rings. The Balaban J connectivity index is 1.92. The maximum atomic E-state index is 13.2. The second kappa shape index (κ2) is 4.26. The SMILES string of the molecule is N#Cc1ccn2c(C3CCC(F)(F)CC3)nnc2c1. The van der Waals surface area contributed by atoms with Crippen LogP contribution in [-0.4, -0.2) is 20.5 Å². The Kier molecular flexibility index (Phi) is 2.70. The Bertz CT molecular complexity index is 646. The van der Waals surface area contributed by atoms with Crippen LogP contribution in [0.2, 0.25) is 0 Å². The maximum Gasteiger partial charge on any atom is 0.248 e. The Labute approximate surface area is 108 Å². The molecule has 98 valence electrons. The van der Waals surface area contributed by atoms with Crippen molar-refractivity contribution in [1.29, 1.82) is 5.26 Å². The van der Waals surface area contributed by atoms with E-state index in [1.54, 1.807) is 22.7 Å². The van der Waals surface area contributed by atoms with Gasteiger partial charge in [0.15, 0.2) is 5.65 Å². The van der Waals surface area contributed by atoms with E-state index in [9.17, 15) is 8.78 Å². The van der Waals surface area contributed by atoms with Gasteiger partial charge in [0.2, 0.25) is 5.92 Å². The molecule has 2 heterocycles. The van der Waals surface area contributed by atoms with Crippen molar-refractivity contribution in [2.24, 2.45) is 0 Å². The van der Waals surface area contributed by atoms with Crippen LogP contribution in [0, 0.1) is 11.3 Å². The molecule has 1 saturated carbocycles. The zero-order chi connectivity index (χ0) is 13.5. The molecule has 2 aromatic rings. The number of nitriles is 1. The molecule has 3 rings (SSSR count). The predicted molar refractivity (Wildman–Crippen MR) is 63.9 cm³/mol. The van der Waals surface area contributed by atoms with Crippen molar-refractivity contribution < 1.29 is 8.78 Å². The highest BCUT2D eigenvalue weighted by atomic mass is 19.3. The molecular formula is C13H12F2N4. The first kappa shape index (κ1) is 12.0. The number of hydrogen-bond acceptors (Lipinski definition) is 3. The molecular weight excluding hydrogens is 250 g/mol. The van der Waals surface area contributed by atoms with Crippen LogP contribution in [0.1, 0.15) is 43.0 Å². The quantitative estimate of drug-likeness (QED) is 0.794. The maximum absolute atomic E-state index is 13.2. The topological polar surface area (TPSA) is 54.0 Å². The van der Waals surface area contributed by atoms with Crippen LogP contribution in [-0.2, 0) is 0 Å². The van der Waals surface area contributed by atoms with Gasteiger partial charge in [-0.25, -0.2) is 8.78 Å². The van der Waals surface area contributed by atoms with Gasteiger partial charge in [-0.1, -0.05) is 0 Å². The molecule has 0 N–H and O–H groups in total. The van der Waals surface area contributed by atoms with Gasteiger partial charge in [-0.3, -0.25) is 4.40 Å². The molecule has 0 aromatic carbocycles. The number of halogens is 2. The van der Waals surface area contributed by atoms with Crippen molar-refractivity contribution in [3.05, 3.63) is 29.7 Å². The average molecular weight is 262 g/mol. The molecule has 0 aliphatic heterocycles. The Morgan fingerprint density at radius 1 is 1.32 bits per heavy atom. The summed E-state index contributed by atoms with van der Waals surface area (Å²) in [5.74, 6) is -1.80. The largest absolute Gasteiger partial charge is 0.286 e. The fourth-order valence-corrected chi connectivity index (χ4v) is 2.56. The number of fused-ring (bicyclic) bond motifs is 1. The molecule has 1 aliphatic carbocycles. The summed E-state index contributed by atoms with van der Waals surface area (Å²) >= 11 is 0. The van der Waals surface area contributed by atoms with Gasteiger partial charge in [0, 0.05) is 31.0 Å². The van der Waals surface area contributed by atoms with Gasteiger partial charge >= 0.3 is 0 Å². The number of hydrogen-bond donors (Lipinski definition) is 0. The van der Waals surface area contributed by atoms with Crippen LogP contribution in [0.3, 0.4) is 0 Å². The molecule has 0 spiro atoms. The van der Waals surface area contributed by atoms with Gasteiger partial charge in [-0.05, 0) is 18.9 Å². The summed E-state index contributed by atoms with van der Waals surface area (Å²) < 4.78 is 28.1. The minimum Gasteiger partial charge on any atom is -0.286 e. The Morgan fingerprint density at radius 3 is 2.74 bits per heavy atom. The summed E-state index contributed by atoms with van der Waals surface area (Å²) in [7, 11) is 0. The van der Waals surface area contributed by atoms with E-state index in [1.807, 2.05) is 6.07 Å². The van der Waals surface area contributed by atoms with Crippen molar-refractivity contribution in [2.45, 2.75) is 37.5 Å². The minimum absolute atomic E-state index is 0.0163. The van der Waals surface area contributed by atoms with Crippen molar-refractivity contribution >= 4 is 5.65 Å². The van der Waals surface area contributed by atoms with Crippen LogP contribution in [0.4, 0.5) is 8.78 Å². The lowest BCUT2D eigenvalue weighted by Gasteiger charge is -2.27. The first-order valence-corrected chi connectivity index (χ1v) is 6.22. The molecule has 0 amide bonds. The molecule has 0 atom stereocenters. The van der Waals surface area contributed by atoms with Crippen LogP contribution < -0.4 is 0 Å². The van der Waals surface area contributed by atoms with Gasteiger partial charge in [0.25, 0.3) is 0 Å². The van der Waals surface area contributed by atoms with Gasteiger partial charge < -0.3 is 0 Å². The van der Waals surface area contributed by atoms with Gasteiger partial charge in [-0.15, -0.1) is 10.2 Å². The highest BCUT2D eigenvalue weighted by Crippen LogP contribution is 2.40. The smallest absolute Gasteiger partial charge is 0.248 e. The van der Waals surface area contributed by atoms with E-state index >= 15 is 0 Å². The van der Waals surface area contributed by atoms with E-state index in [0.717, 1.165) is 5.82 Å². The molecule has 0 bridgehead atoms. The van der Waals surface area contributed by atoms with Crippen molar-refractivity contribution in [3.63, 3.8) is 0 Å². The second-order valence-corrected chi connectivity index (χ2v) is 4.94. The third kappa shape index (κ3) is 2.16. The Hall–Kier alpha value is -2.03. The normalized spacial score (nSPS) is 19.4. The summed E-state index contributed by atoms with van der Waals surface area (Å²) in [6.07, 6.45) is 2.39. The van der Waals surface area contributed by atoms with Gasteiger partial charge in [0.05, 0.1) is 11.6 Å². The second-order valence-electron chi connectivity index (χ2n) is 4.94. The first-order valence-electron chi connectivity index (χ1n) is 6.22. The molecule has 0 saturated heterocycles. The van der Waals surface area contributed by atoms with E-state index in [0.29, 0.717) is 24.1 Å². The molecule has 4 nitrogen and oxygen atoms in total. The van der Waals surface area contributed by atoms with Crippen molar-refractivity contribution in [1.82, 2.24) is 14.6 Å². The lowest BCUT2D eigenvalue weighted by atomic mass is 9.86. The molecule has 19 heavy (non-hydrogen) atoms. The monoisotopic (exact) mass is 262 g/mol. The van der Waals surface area contributed by atoms with E-state index in [-0.39, 0.29) is 18.8 Å². The summed E-state index contributed by atoms with van der Waals surface area (Å²) in [5, 5.41) is 16.9. The lowest BCUT2D eigenvalue weighted by molar-refractivity contribution is -0.0388. The fourth-order valence-electron chi connectivity index (χ4n) is 2.56. The van der Waals surface area contributed by atoms with E-state index < -0.39 is 5.92 Å². The van der Waals surface area contributed by atoms with Crippen molar-refractivity contribution in [2.75, 3.05) is 0 Å². The van der Waals surface area contributed by atoms with E-state index in [1.165, 1.54) is 0 Å². The molecule has 0 radical (unpaired) electrons. The highest BCUT2D eigenvalue weighted by molar-refractivity contribution is 5.45. The molecule has 6 heteroatoms. The van der Waals surface area contributed by atoms with E-state index in [2.05, 4.69) is 10.2 Å². The number of pyridine rings is 1. The highest BCUT2D eigenvalue weighted by Gasteiger charge is 2.36. The zero-order valence-corrected chi connectivity index (χ0v) is 10.2. The van der Waals surface area contributed by atoms with Gasteiger partial charge in [-0.2, -0.15) is 5.26 Å². The standard InChI is InChI=1S/C13H12F2N4/c14-13(15)4-1-10(2-5-13)12-18-17-11-7-9(8-16)3-6-19(11)12/h3,6-7,10H,1-2,4-5H2. The first-order chi connectivity index (χ1) is 9.09. The van der Waals surface area contributed by atoms with Crippen molar-refractivity contribution in [3.8, 4) is 6.07 Å².